The van der Waals surface area contributed by atoms with Crippen LogP contribution in [0.4, 0.5) is 11.4 Å². The van der Waals surface area contributed by atoms with Gasteiger partial charge in [0.25, 0.3) is 5.69 Å². The van der Waals surface area contributed by atoms with E-state index >= 15 is 0 Å². The van der Waals surface area contributed by atoms with Crippen LogP contribution in [-0.2, 0) is 11.3 Å². The van der Waals surface area contributed by atoms with Crippen LogP contribution < -0.4 is 10.1 Å². The number of rotatable bonds is 8. The molecule has 144 valence electrons. The predicted molar refractivity (Wildman–Crippen MR) is 107 cm³/mol. The first-order valence-corrected chi connectivity index (χ1v) is 9.54. The van der Waals surface area contributed by atoms with Crippen LogP contribution in [0.2, 0.25) is 0 Å². The predicted octanol–water partition coefficient (Wildman–Crippen LogP) is 3.78. The number of nitrogens with zero attached hydrogens (tertiary/aromatic N) is 2. The number of hydrogen-bond acceptors (Lipinski definition) is 6. The van der Waals surface area contributed by atoms with Crippen LogP contribution in [0.25, 0.3) is 0 Å². The summed E-state index contributed by atoms with van der Waals surface area (Å²) in [4.78, 5) is 26.2. The van der Waals surface area contributed by atoms with E-state index in [1.165, 1.54) is 30.2 Å². The molecule has 1 N–H and O–H groups in total. The molecule has 0 bridgehead atoms. The molecule has 0 aliphatic rings. The number of nitrogens with one attached hydrogen (secondary N) is 1. The summed E-state index contributed by atoms with van der Waals surface area (Å²) >= 11 is 1.68. The molecular formula is C19H23N3O4S. The molecule has 0 aliphatic heterocycles. The number of hydrogen-bond donors (Lipinski definition) is 1. The van der Waals surface area contributed by atoms with E-state index < -0.39 is 11.0 Å². The molecule has 27 heavy (non-hydrogen) atoms. The molecule has 0 aliphatic carbocycles. The zero-order valence-electron chi connectivity index (χ0n) is 15.8. The molecule has 0 heterocycles. The van der Waals surface area contributed by atoms with Gasteiger partial charge in [-0.3, -0.25) is 19.8 Å². The maximum atomic E-state index is 12.6. The van der Waals surface area contributed by atoms with Crippen LogP contribution in [0.15, 0.2) is 47.4 Å². The van der Waals surface area contributed by atoms with Gasteiger partial charge in [0, 0.05) is 23.6 Å². The largest absolute Gasteiger partial charge is 0.495 e. The van der Waals surface area contributed by atoms with Crippen molar-refractivity contribution in [1.82, 2.24) is 4.90 Å². The average Bonchev–Trinajstić information content (AvgIpc) is 2.67. The van der Waals surface area contributed by atoms with Crippen LogP contribution in [0.3, 0.4) is 0 Å². The van der Waals surface area contributed by atoms with Gasteiger partial charge in [0.15, 0.2) is 0 Å². The smallest absolute Gasteiger partial charge is 0.271 e. The van der Waals surface area contributed by atoms with Gasteiger partial charge in [0.2, 0.25) is 5.91 Å². The van der Waals surface area contributed by atoms with E-state index in [1.807, 2.05) is 42.5 Å². The Labute approximate surface area is 162 Å². The molecule has 0 aromatic heterocycles. The Hall–Kier alpha value is -2.58. The van der Waals surface area contributed by atoms with Gasteiger partial charge in [-0.05, 0) is 44.0 Å². The molecule has 7 nitrogen and oxygen atoms in total. The maximum absolute atomic E-state index is 12.6. The van der Waals surface area contributed by atoms with E-state index in [1.54, 1.807) is 18.7 Å². The highest BCUT2D eigenvalue weighted by Crippen LogP contribution is 2.29. The zero-order chi connectivity index (χ0) is 20.0. The fourth-order valence-electron chi connectivity index (χ4n) is 2.50. The topological polar surface area (TPSA) is 84.7 Å². The van der Waals surface area contributed by atoms with Gasteiger partial charge in [0.05, 0.1) is 23.8 Å². The van der Waals surface area contributed by atoms with Gasteiger partial charge in [0.1, 0.15) is 5.75 Å². The van der Waals surface area contributed by atoms with Crippen molar-refractivity contribution >= 4 is 29.0 Å². The summed E-state index contributed by atoms with van der Waals surface area (Å²) < 4.78 is 5.19. The summed E-state index contributed by atoms with van der Waals surface area (Å²) in [5.74, 6) is 0.105. The van der Waals surface area contributed by atoms with Crippen molar-refractivity contribution in [2.75, 3.05) is 25.7 Å². The third-order valence-corrected chi connectivity index (χ3v) is 5.03. The number of benzene rings is 2. The van der Waals surface area contributed by atoms with Gasteiger partial charge < -0.3 is 10.1 Å². The van der Waals surface area contributed by atoms with E-state index in [2.05, 4.69) is 5.32 Å². The first-order chi connectivity index (χ1) is 12.8. The number of anilines is 1. The number of likely N-dealkylation sites (N-methyl/N-ethyl adjacent to an activating group) is 1. The third kappa shape index (κ3) is 5.45. The quantitative estimate of drug-likeness (QED) is 0.420. The van der Waals surface area contributed by atoms with E-state index in [9.17, 15) is 14.9 Å². The Morgan fingerprint density at radius 3 is 2.52 bits per heavy atom. The average molecular weight is 389 g/mol. The monoisotopic (exact) mass is 389 g/mol. The normalized spacial score (nSPS) is 11.9. The highest BCUT2D eigenvalue weighted by atomic mass is 32.2. The molecule has 0 radical (unpaired) electrons. The fourth-order valence-corrected chi connectivity index (χ4v) is 2.91. The van der Waals surface area contributed by atoms with Crippen LogP contribution in [0, 0.1) is 10.1 Å². The molecule has 0 unspecified atom stereocenters. The van der Waals surface area contributed by atoms with Crippen molar-refractivity contribution in [1.29, 1.82) is 0 Å². The Morgan fingerprint density at radius 2 is 1.96 bits per heavy atom. The van der Waals surface area contributed by atoms with E-state index in [0.29, 0.717) is 12.3 Å². The number of nitro benzene ring substituents is 1. The number of carbonyl (C=O) groups is 1. The lowest BCUT2D eigenvalue weighted by Crippen LogP contribution is -2.39. The van der Waals surface area contributed by atoms with Crippen LogP contribution in [0.5, 0.6) is 5.75 Å². The number of thioether (sulfide) groups is 1. The molecular weight excluding hydrogens is 366 g/mol. The van der Waals surface area contributed by atoms with Crippen molar-refractivity contribution in [3.05, 3.63) is 58.1 Å². The summed E-state index contributed by atoms with van der Waals surface area (Å²) in [5.41, 5.74) is 1.27. The van der Waals surface area contributed by atoms with Crippen molar-refractivity contribution in [3.8, 4) is 5.75 Å². The Morgan fingerprint density at radius 1 is 1.30 bits per heavy atom. The second-order valence-electron chi connectivity index (χ2n) is 6.07. The fraction of sp³-hybridized carbons (Fsp3) is 0.316. The summed E-state index contributed by atoms with van der Waals surface area (Å²) in [6, 6.07) is 11.8. The van der Waals surface area contributed by atoms with Gasteiger partial charge in [-0.1, -0.05) is 12.1 Å². The van der Waals surface area contributed by atoms with Gasteiger partial charge in [-0.25, -0.2) is 0 Å². The summed E-state index contributed by atoms with van der Waals surface area (Å²) in [5, 5.41) is 13.7. The lowest BCUT2D eigenvalue weighted by Gasteiger charge is -2.24. The minimum Gasteiger partial charge on any atom is -0.495 e. The molecule has 0 spiro atoms. The number of ether oxygens (including phenoxy) is 1. The number of amides is 1. The molecule has 8 heteroatoms. The maximum Gasteiger partial charge on any atom is 0.271 e. The molecule has 1 atom stereocenters. The molecule has 2 rings (SSSR count). The number of methoxy groups -OCH3 is 1. The van der Waals surface area contributed by atoms with E-state index in [4.69, 9.17) is 4.74 Å². The lowest BCUT2D eigenvalue weighted by molar-refractivity contribution is -0.384. The lowest BCUT2D eigenvalue weighted by atomic mass is 10.2. The van der Waals surface area contributed by atoms with Crippen LogP contribution >= 0.6 is 11.8 Å². The third-order valence-electron chi connectivity index (χ3n) is 4.28. The molecule has 0 saturated carbocycles. The SMILES string of the molecule is COc1ccc([N+](=O)[O-])cc1NC(=O)[C@@H](C)N(C)Cc1ccc(SC)cc1. The van der Waals surface area contributed by atoms with E-state index in [-0.39, 0.29) is 17.3 Å². The van der Waals surface area contributed by atoms with Crippen molar-refractivity contribution in [2.45, 2.75) is 24.4 Å². The zero-order valence-corrected chi connectivity index (χ0v) is 16.6. The number of non-ortho nitro benzene ring substituents is 1. The van der Waals surface area contributed by atoms with E-state index in [0.717, 1.165) is 5.56 Å². The highest BCUT2D eigenvalue weighted by Gasteiger charge is 2.21. The first kappa shape index (κ1) is 20.7. The molecule has 0 fully saturated rings. The van der Waals surface area contributed by atoms with Crippen molar-refractivity contribution in [3.63, 3.8) is 0 Å². The minimum absolute atomic E-state index is 0.110. The summed E-state index contributed by atoms with van der Waals surface area (Å²) in [7, 11) is 3.31. The second-order valence-corrected chi connectivity index (χ2v) is 6.95. The van der Waals surface area contributed by atoms with Crippen molar-refractivity contribution in [2.24, 2.45) is 0 Å². The number of carbonyl (C=O) groups excluding carboxylic acids is 1. The van der Waals surface area contributed by atoms with Crippen molar-refractivity contribution < 1.29 is 14.5 Å². The first-order valence-electron chi connectivity index (χ1n) is 8.32. The van der Waals surface area contributed by atoms with Gasteiger partial charge >= 0.3 is 0 Å². The second kappa shape index (κ2) is 9.38. The molecule has 0 saturated heterocycles. The summed E-state index contributed by atoms with van der Waals surface area (Å²) in [6.45, 7) is 2.39. The standard InChI is InChI=1S/C19H23N3O4S/c1-13(21(2)12-14-5-8-16(27-4)9-6-14)19(23)20-17-11-15(22(24)25)7-10-18(17)26-3/h5-11,13H,12H2,1-4H3,(H,20,23)/t13-/m1/s1. The number of nitro groups is 1. The Balaban J connectivity index is 2.07. The summed E-state index contributed by atoms with van der Waals surface area (Å²) in [6.07, 6.45) is 2.02. The van der Waals surface area contributed by atoms with Gasteiger partial charge in [-0.2, -0.15) is 0 Å². The Kier molecular flexibility index (Phi) is 7.20. The molecule has 1 amide bonds. The minimum atomic E-state index is -0.511. The van der Waals surface area contributed by atoms with Crippen LogP contribution in [-0.4, -0.2) is 42.2 Å². The molecule has 2 aromatic rings. The van der Waals surface area contributed by atoms with Crippen LogP contribution in [0.1, 0.15) is 12.5 Å². The molecule has 2 aromatic carbocycles. The highest BCUT2D eigenvalue weighted by molar-refractivity contribution is 7.98. The Bertz CT molecular complexity index is 811. The van der Waals surface area contributed by atoms with Gasteiger partial charge in [-0.15, -0.1) is 11.8 Å².